The molecule has 0 spiro atoms. The van der Waals surface area contributed by atoms with E-state index in [0.717, 1.165) is 11.5 Å². The molecule has 1 heterocycles. The van der Waals surface area contributed by atoms with E-state index in [1.165, 1.54) is 22.3 Å². The fraction of sp³-hybridized carbons (Fsp3) is 0.100. The van der Waals surface area contributed by atoms with Crippen LogP contribution in [-0.4, -0.2) is 0 Å². The number of hydrogen-bond acceptors (Lipinski definition) is 1. The van der Waals surface area contributed by atoms with E-state index in [9.17, 15) is 0 Å². The molecule has 1 aliphatic heterocycles. The van der Waals surface area contributed by atoms with E-state index >= 15 is 0 Å². The Balaban J connectivity index is 2.01. The van der Waals surface area contributed by atoms with Gasteiger partial charge in [0.2, 0.25) is 0 Å². The van der Waals surface area contributed by atoms with Crippen molar-refractivity contribution in [2.45, 2.75) is 12.8 Å². The summed E-state index contributed by atoms with van der Waals surface area (Å²) in [5.74, 6) is 2.18. The van der Waals surface area contributed by atoms with Crippen molar-refractivity contribution in [1.82, 2.24) is 0 Å². The normalized spacial score (nSPS) is 15.8. The molecule has 0 aromatic heterocycles. The molecule has 1 unspecified atom stereocenters. The molecule has 1 nitrogen and oxygen atoms in total. The first-order valence-corrected chi connectivity index (χ1v) is 7.26. The predicted octanol–water partition coefficient (Wildman–Crippen LogP) is 5.28. The van der Waals surface area contributed by atoms with Gasteiger partial charge in [-0.25, -0.2) is 0 Å². The monoisotopic (exact) mass is 272 g/mol. The molecule has 0 N–H and O–H groups in total. The molecule has 21 heavy (non-hydrogen) atoms. The molecule has 0 radical (unpaired) electrons. The van der Waals surface area contributed by atoms with Crippen molar-refractivity contribution in [3.63, 3.8) is 0 Å². The van der Waals surface area contributed by atoms with Crippen molar-refractivity contribution in [1.29, 1.82) is 0 Å². The topological polar surface area (TPSA) is 9.23 Å². The highest BCUT2D eigenvalue weighted by atomic mass is 16.5. The molecule has 1 atom stereocenters. The van der Waals surface area contributed by atoms with Gasteiger partial charge in [-0.1, -0.05) is 60.7 Å². The Morgan fingerprint density at radius 3 is 2.29 bits per heavy atom. The van der Waals surface area contributed by atoms with E-state index in [0.29, 0.717) is 0 Å². The zero-order chi connectivity index (χ0) is 14.2. The van der Waals surface area contributed by atoms with Gasteiger partial charge >= 0.3 is 0 Å². The molecule has 102 valence electrons. The summed E-state index contributed by atoms with van der Waals surface area (Å²) < 4.78 is 6.11. The third-order valence-electron chi connectivity index (χ3n) is 4.16. The highest BCUT2D eigenvalue weighted by molar-refractivity contribution is 5.60. The van der Waals surface area contributed by atoms with Crippen molar-refractivity contribution in [2.75, 3.05) is 0 Å². The molecule has 1 heteroatoms. The van der Waals surface area contributed by atoms with Crippen molar-refractivity contribution in [3.8, 4) is 11.5 Å². The van der Waals surface area contributed by atoms with Crippen LogP contribution in [0.2, 0.25) is 0 Å². The fourth-order valence-corrected chi connectivity index (χ4v) is 3.19. The number of rotatable bonds is 1. The largest absolute Gasteiger partial charge is 0.457 e. The van der Waals surface area contributed by atoms with E-state index in [2.05, 4.69) is 73.7 Å². The van der Waals surface area contributed by atoms with Gasteiger partial charge in [0.05, 0.1) is 0 Å². The first kappa shape index (κ1) is 12.2. The third kappa shape index (κ3) is 1.93. The van der Waals surface area contributed by atoms with Crippen LogP contribution in [0.4, 0.5) is 0 Å². The lowest BCUT2D eigenvalue weighted by Gasteiger charge is -2.30. The lowest BCUT2D eigenvalue weighted by molar-refractivity contribution is 0.452. The van der Waals surface area contributed by atoms with E-state index in [1.807, 2.05) is 6.07 Å². The van der Waals surface area contributed by atoms with Gasteiger partial charge in [0.15, 0.2) is 0 Å². The Labute approximate surface area is 124 Å². The Morgan fingerprint density at radius 2 is 1.43 bits per heavy atom. The van der Waals surface area contributed by atoms with E-state index in [-0.39, 0.29) is 5.92 Å². The maximum absolute atomic E-state index is 6.11. The van der Waals surface area contributed by atoms with E-state index in [4.69, 9.17) is 4.74 Å². The Bertz CT molecular complexity index is 790. The van der Waals surface area contributed by atoms with Crippen molar-refractivity contribution in [2.24, 2.45) is 0 Å². The van der Waals surface area contributed by atoms with Gasteiger partial charge < -0.3 is 4.74 Å². The minimum atomic E-state index is 0.243. The zero-order valence-electron chi connectivity index (χ0n) is 11.9. The summed E-state index contributed by atoms with van der Waals surface area (Å²) in [4.78, 5) is 0. The van der Waals surface area contributed by atoms with Gasteiger partial charge in [-0.3, -0.25) is 0 Å². The maximum Gasteiger partial charge on any atom is 0.131 e. The van der Waals surface area contributed by atoms with Crippen LogP contribution in [0.3, 0.4) is 0 Å². The Kier molecular flexibility index (Phi) is 2.78. The molecule has 0 saturated carbocycles. The van der Waals surface area contributed by atoms with E-state index < -0.39 is 0 Å². The smallest absolute Gasteiger partial charge is 0.131 e. The van der Waals surface area contributed by atoms with E-state index in [1.54, 1.807) is 0 Å². The number of hydrogen-bond donors (Lipinski definition) is 0. The van der Waals surface area contributed by atoms with Gasteiger partial charge in [-0.2, -0.15) is 0 Å². The summed E-state index contributed by atoms with van der Waals surface area (Å²) in [5, 5.41) is 0. The summed E-state index contributed by atoms with van der Waals surface area (Å²) in [6, 6.07) is 25.3. The highest BCUT2D eigenvalue weighted by Crippen LogP contribution is 2.48. The second-order valence-electron chi connectivity index (χ2n) is 5.47. The minimum Gasteiger partial charge on any atom is -0.457 e. The minimum absolute atomic E-state index is 0.243. The second-order valence-corrected chi connectivity index (χ2v) is 5.47. The maximum atomic E-state index is 6.11. The Morgan fingerprint density at radius 1 is 0.714 bits per heavy atom. The number of ether oxygens (including phenoxy) is 1. The molecule has 0 fully saturated rings. The number of aryl methyl sites for hydroxylation is 1. The van der Waals surface area contributed by atoms with Crippen LogP contribution in [0, 0.1) is 6.92 Å². The predicted molar refractivity (Wildman–Crippen MR) is 85.1 cm³/mol. The van der Waals surface area contributed by atoms with Crippen molar-refractivity contribution in [3.05, 3.63) is 95.1 Å². The van der Waals surface area contributed by atoms with Gasteiger partial charge in [-0.15, -0.1) is 0 Å². The van der Waals surface area contributed by atoms with Gasteiger partial charge in [-0.05, 0) is 30.2 Å². The molecule has 4 rings (SSSR count). The second kappa shape index (κ2) is 4.78. The quantitative estimate of drug-likeness (QED) is 0.458. The number of fused-ring (bicyclic) bond motifs is 2. The zero-order valence-corrected chi connectivity index (χ0v) is 11.9. The van der Waals surface area contributed by atoms with Crippen molar-refractivity contribution >= 4 is 0 Å². The average Bonchev–Trinajstić information content (AvgIpc) is 2.54. The van der Waals surface area contributed by atoms with Crippen LogP contribution in [0.5, 0.6) is 11.5 Å². The molecule has 3 aromatic carbocycles. The third-order valence-corrected chi connectivity index (χ3v) is 4.16. The van der Waals surface area contributed by atoms with Crippen LogP contribution in [-0.2, 0) is 0 Å². The molecule has 0 amide bonds. The van der Waals surface area contributed by atoms with Crippen molar-refractivity contribution < 1.29 is 4.74 Å². The average molecular weight is 272 g/mol. The van der Waals surface area contributed by atoms with Crippen LogP contribution in [0.15, 0.2) is 72.8 Å². The lowest BCUT2D eigenvalue weighted by atomic mass is 9.81. The van der Waals surface area contributed by atoms with Crippen LogP contribution in [0.1, 0.15) is 28.2 Å². The standard InChI is InChI=1S/C20H16O/c1-14-8-7-13-18-19(14)20(15-9-3-2-4-10-15)16-11-5-6-12-17(16)21-18/h2-13,20H,1H3. The summed E-state index contributed by atoms with van der Waals surface area (Å²) in [5.41, 5.74) is 5.10. The number of para-hydroxylation sites is 1. The molecular weight excluding hydrogens is 256 g/mol. The van der Waals surface area contributed by atoms with Crippen LogP contribution in [0.25, 0.3) is 0 Å². The van der Waals surface area contributed by atoms with Crippen LogP contribution >= 0.6 is 0 Å². The highest BCUT2D eigenvalue weighted by Gasteiger charge is 2.29. The van der Waals surface area contributed by atoms with Gasteiger partial charge in [0.25, 0.3) is 0 Å². The van der Waals surface area contributed by atoms with Gasteiger partial charge in [0, 0.05) is 17.0 Å². The van der Waals surface area contributed by atoms with Gasteiger partial charge in [0.1, 0.15) is 11.5 Å². The molecular formula is C20H16O. The van der Waals surface area contributed by atoms with Crippen LogP contribution < -0.4 is 4.74 Å². The lowest BCUT2D eigenvalue weighted by Crippen LogP contribution is -2.12. The first-order chi connectivity index (χ1) is 10.3. The molecule has 0 bridgehead atoms. The first-order valence-electron chi connectivity index (χ1n) is 7.26. The summed E-state index contributed by atoms with van der Waals surface area (Å²) in [6.45, 7) is 2.16. The molecule has 1 aliphatic rings. The summed E-state index contributed by atoms with van der Waals surface area (Å²) in [6.07, 6.45) is 0. The molecule has 3 aromatic rings. The summed E-state index contributed by atoms with van der Waals surface area (Å²) >= 11 is 0. The summed E-state index contributed by atoms with van der Waals surface area (Å²) in [7, 11) is 0. The number of benzene rings is 3. The Hall–Kier alpha value is -2.54. The SMILES string of the molecule is Cc1cccc2c1C(c1ccccc1)c1ccccc1O2. The molecule has 0 saturated heterocycles. The fourth-order valence-electron chi connectivity index (χ4n) is 3.19. The molecule has 0 aliphatic carbocycles.